The van der Waals surface area contributed by atoms with Gasteiger partial charge in [-0.3, -0.25) is 5.10 Å². The topological polar surface area (TPSA) is 125 Å². The summed E-state index contributed by atoms with van der Waals surface area (Å²) in [6, 6.07) is 3.88. The predicted molar refractivity (Wildman–Crippen MR) is 130 cm³/mol. The Morgan fingerprint density at radius 2 is 2.26 bits per heavy atom. The molecule has 0 aliphatic heterocycles. The summed E-state index contributed by atoms with van der Waals surface area (Å²) in [6.07, 6.45) is 4.87. The largest absolute Gasteiger partial charge is 0.494 e. The van der Waals surface area contributed by atoms with Crippen LogP contribution in [0, 0.1) is 0 Å². The number of rotatable bonds is 7. The first-order valence-corrected chi connectivity index (χ1v) is 12.0. The molecule has 178 valence electrons. The van der Waals surface area contributed by atoms with E-state index in [0.29, 0.717) is 18.7 Å². The number of nitrogens with zero attached hydrogens (tertiary/aromatic N) is 4. The molecule has 5 rings (SSSR count). The maximum absolute atomic E-state index is 12.5. The van der Waals surface area contributed by atoms with Gasteiger partial charge in [0.15, 0.2) is 0 Å². The van der Waals surface area contributed by atoms with Crippen molar-refractivity contribution < 1.29 is 19.4 Å². The first kappa shape index (κ1) is 22.4. The highest BCUT2D eigenvalue weighted by Crippen LogP contribution is 2.41. The molecule has 11 heteroatoms. The van der Waals surface area contributed by atoms with Crippen molar-refractivity contribution in [3.05, 3.63) is 35.1 Å². The Balaban J connectivity index is 1.42. The third-order valence-electron chi connectivity index (χ3n) is 6.09. The Morgan fingerprint density at radius 1 is 1.38 bits per heavy atom. The lowest BCUT2D eigenvalue weighted by Crippen LogP contribution is -2.37. The Hall–Kier alpha value is -3.44. The number of aromatic amines is 1. The molecule has 4 aromatic rings. The van der Waals surface area contributed by atoms with E-state index in [1.54, 1.807) is 31.0 Å². The van der Waals surface area contributed by atoms with Crippen LogP contribution in [0.5, 0.6) is 5.75 Å². The van der Waals surface area contributed by atoms with Crippen LogP contribution >= 0.6 is 11.3 Å². The molecule has 3 aromatic heterocycles. The van der Waals surface area contributed by atoms with E-state index in [4.69, 9.17) is 14.6 Å². The van der Waals surface area contributed by atoms with Crippen LogP contribution in [0.25, 0.3) is 21.1 Å². The summed E-state index contributed by atoms with van der Waals surface area (Å²) in [5.74, 6) is 1.40. The number of methoxy groups -OCH3 is 1. The van der Waals surface area contributed by atoms with Crippen LogP contribution < -0.4 is 10.1 Å². The van der Waals surface area contributed by atoms with Crippen LogP contribution in [-0.2, 0) is 17.6 Å². The highest BCUT2D eigenvalue weighted by molar-refractivity contribution is 7.19. The summed E-state index contributed by atoms with van der Waals surface area (Å²) in [7, 11) is 1.63. The molecule has 0 saturated carbocycles. The highest BCUT2D eigenvalue weighted by Gasteiger charge is 2.28. The van der Waals surface area contributed by atoms with Crippen molar-refractivity contribution in [2.45, 2.75) is 32.3 Å². The van der Waals surface area contributed by atoms with Crippen LogP contribution in [0.3, 0.4) is 0 Å². The third-order valence-corrected chi connectivity index (χ3v) is 7.25. The van der Waals surface area contributed by atoms with Crippen LogP contribution in [0.4, 0.5) is 16.3 Å². The summed E-state index contributed by atoms with van der Waals surface area (Å²) in [4.78, 5) is 25.1. The van der Waals surface area contributed by atoms with Gasteiger partial charge in [0, 0.05) is 35.8 Å². The zero-order valence-electron chi connectivity index (χ0n) is 19.0. The van der Waals surface area contributed by atoms with E-state index in [0.717, 1.165) is 50.3 Å². The summed E-state index contributed by atoms with van der Waals surface area (Å²) in [5, 5.41) is 21.6. The number of fused-ring (bicyclic) bond motifs is 4. The van der Waals surface area contributed by atoms with Crippen molar-refractivity contribution in [2.75, 3.05) is 32.1 Å². The number of aromatic nitrogens is 4. The number of benzene rings is 1. The molecule has 34 heavy (non-hydrogen) atoms. The first-order chi connectivity index (χ1) is 16.6. The maximum atomic E-state index is 12.5. The van der Waals surface area contributed by atoms with Crippen LogP contribution in [-0.4, -0.2) is 69.2 Å². The number of thiophene rings is 1. The third kappa shape index (κ3) is 4.12. The van der Waals surface area contributed by atoms with Gasteiger partial charge in [0.1, 0.15) is 28.8 Å². The molecule has 1 aromatic carbocycles. The maximum Gasteiger partial charge on any atom is 0.410 e. The number of aryl methyl sites for hydroxylation is 1. The number of hydrogen-bond acceptors (Lipinski definition) is 9. The van der Waals surface area contributed by atoms with Crippen molar-refractivity contribution in [3.63, 3.8) is 0 Å². The van der Waals surface area contributed by atoms with Gasteiger partial charge in [0.25, 0.3) is 0 Å². The van der Waals surface area contributed by atoms with Gasteiger partial charge in [-0.1, -0.05) is 0 Å². The minimum atomic E-state index is -0.380. The van der Waals surface area contributed by atoms with E-state index in [9.17, 15) is 4.79 Å². The monoisotopic (exact) mass is 482 g/mol. The first-order valence-electron chi connectivity index (χ1n) is 11.2. The predicted octanol–water partition coefficient (Wildman–Crippen LogP) is 3.63. The molecule has 0 fully saturated rings. The molecule has 0 bridgehead atoms. The van der Waals surface area contributed by atoms with Gasteiger partial charge in [0.2, 0.25) is 0 Å². The molecule has 1 aliphatic carbocycles. The van der Waals surface area contributed by atoms with Crippen LogP contribution in [0.2, 0.25) is 0 Å². The van der Waals surface area contributed by atoms with Gasteiger partial charge in [0.05, 0.1) is 36.5 Å². The summed E-state index contributed by atoms with van der Waals surface area (Å²) >= 11 is 1.61. The van der Waals surface area contributed by atoms with E-state index >= 15 is 0 Å². The minimum Gasteiger partial charge on any atom is -0.494 e. The van der Waals surface area contributed by atoms with E-state index < -0.39 is 0 Å². The number of likely N-dealkylation sites (N-methyl/N-ethyl adjacent to an activating group) is 1. The number of aliphatic hydroxyl groups is 1. The molecule has 0 saturated heterocycles. The number of aliphatic hydroxyl groups excluding tert-OH is 1. The Morgan fingerprint density at radius 3 is 3.06 bits per heavy atom. The average molecular weight is 483 g/mol. The lowest BCUT2D eigenvalue weighted by molar-refractivity contribution is 0.0540. The Bertz CT molecular complexity index is 1340. The van der Waals surface area contributed by atoms with Gasteiger partial charge in [-0.05, 0) is 31.4 Å². The van der Waals surface area contributed by atoms with Gasteiger partial charge >= 0.3 is 6.09 Å². The normalized spacial score (nSPS) is 15.3. The van der Waals surface area contributed by atoms with E-state index in [2.05, 4.69) is 25.5 Å². The lowest BCUT2D eigenvalue weighted by atomic mass is 9.94. The number of carbonyl (C=O) groups is 1. The molecular formula is C23H26N6O4S. The van der Waals surface area contributed by atoms with E-state index in [1.807, 2.05) is 19.1 Å². The number of ether oxygens (including phenoxy) is 2. The van der Waals surface area contributed by atoms with Crippen molar-refractivity contribution in [3.8, 4) is 5.75 Å². The van der Waals surface area contributed by atoms with Crippen molar-refractivity contribution in [1.29, 1.82) is 0 Å². The summed E-state index contributed by atoms with van der Waals surface area (Å²) in [6.45, 7) is 2.56. The van der Waals surface area contributed by atoms with Crippen LogP contribution in [0.15, 0.2) is 24.7 Å². The summed E-state index contributed by atoms with van der Waals surface area (Å²) in [5.41, 5.74) is 2.88. The van der Waals surface area contributed by atoms with Gasteiger partial charge in [-0.15, -0.1) is 11.3 Å². The Labute approximate surface area is 199 Å². The van der Waals surface area contributed by atoms with Gasteiger partial charge in [-0.25, -0.2) is 14.8 Å². The molecule has 0 radical (unpaired) electrons. The van der Waals surface area contributed by atoms with Crippen molar-refractivity contribution in [2.24, 2.45) is 0 Å². The van der Waals surface area contributed by atoms with Gasteiger partial charge < -0.3 is 24.8 Å². The summed E-state index contributed by atoms with van der Waals surface area (Å²) < 4.78 is 11.3. The van der Waals surface area contributed by atoms with E-state index in [1.165, 1.54) is 10.5 Å². The quantitative estimate of drug-likeness (QED) is 0.365. The highest BCUT2D eigenvalue weighted by atomic mass is 32.1. The average Bonchev–Trinajstić information content (AvgIpc) is 3.45. The van der Waals surface area contributed by atoms with E-state index in [-0.39, 0.29) is 25.3 Å². The second-order valence-electron chi connectivity index (χ2n) is 8.09. The zero-order valence-corrected chi connectivity index (χ0v) is 19.8. The molecule has 10 nitrogen and oxygen atoms in total. The number of nitrogens with one attached hydrogen (secondary N) is 2. The lowest BCUT2D eigenvalue weighted by Gasteiger charge is -2.26. The molecule has 3 N–H and O–H groups in total. The van der Waals surface area contributed by atoms with Crippen LogP contribution in [0.1, 0.15) is 23.8 Å². The molecule has 1 unspecified atom stereocenters. The number of amides is 1. The fourth-order valence-corrected chi connectivity index (χ4v) is 5.61. The molecule has 0 spiro atoms. The smallest absolute Gasteiger partial charge is 0.410 e. The minimum absolute atomic E-state index is 0.0825. The number of hydrogen-bond donors (Lipinski definition) is 3. The van der Waals surface area contributed by atoms with Gasteiger partial charge in [-0.2, -0.15) is 5.10 Å². The molecule has 1 atom stereocenters. The second-order valence-corrected chi connectivity index (χ2v) is 9.18. The van der Waals surface area contributed by atoms with Crippen molar-refractivity contribution >= 4 is 50.1 Å². The molecule has 3 heterocycles. The number of H-pyrrole nitrogens is 1. The fraction of sp³-hybridized carbons (Fsp3) is 0.391. The SMILES string of the molecule is CCN(CCO)C(=O)OC1CCc2c(sc3ncnc(Nc4cc5cn[nH]c5cc4OC)c23)C1. The number of carbonyl (C=O) groups excluding carboxylic acids is 1. The van der Waals surface area contributed by atoms with Crippen molar-refractivity contribution in [1.82, 2.24) is 25.1 Å². The zero-order chi connectivity index (χ0) is 23.7. The molecule has 1 amide bonds. The standard InChI is InChI=1S/C23H26N6O4S/c1-3-29(6-7-30)23(31)33-14-4-5-15-19(9-14)34-22-20(15)21(24-12-25-22)27-17-8-13-11-26-28-16(13)10-18(17)32-2/h8,10-12,14,30H,3-7,9H2,1-2H3,(H,26,28)(H,24,25,27). The Kier molecular flexibility index (Phi) is 6.20. The number of anilines is 2. The fourth-order valence-electron chi connectivity index (χ4n) is 4.36. The second kappa shape index (κ2) is 9.43. The molecule has 1 aliphatic rings. The molecular weight excluding hydrogens is 456 g/mol.